The molecule has 7 nitrogen and oxygen atoms in total. The molecule has 0 saturated heterocycles. The van der Waals surface area contributed by atoms with E-state index in [0.717, 1.165) is 31.1 Å². The van der Waals surface area contributed by atoms with Crippen LogP contribution in [0.1, 0.15) is 33.3 Å². The Morgan fingerprint density at radius 1 is 0.870 bits per heavy atom. The molecule has 0 radical (unpaired) electrons. The van der Waals surface area contributed by atoms with Crippen LogP contribution in [0.5, 0.6) is 0 Å². The fraction of sp³-hybridized carbons (Fsp3) is 0.111. The number of benzene rings is 4. The second-order valence-corrected chi connectivity index (χ2v) is 14.0. The molecule has 5 aromatic rings. The van der Waals surface area contributed by atoms with Crippen molar-refractivity contribution in [1.82, 2.24) is 10.3 Å². The summed E-state index contributed by atoms with van der Waals surface area (Å²) >= 11 is 6.30. The van der Waals surface area contributed by atoms with E-state index in [1.54, 1.807) is 42.5 Å². The molecule has 0 aliphatic heterocycles. The molecular formula is C36H31BrN4O3S2. The SMILES string of the molecule is Cc1ccc(-c2nc(NC(=O)C(C)Sc3ccc(NC(=O)/C(=C/c4cccc(Br)c4)NC(=O)c4ccccc4)cc3)sc2C)cc1. The van der Waals surface area contributed by atoms with Gasteiger partial charge in [-0.05, 0) is 80.9 Å². The van der Waals surface area contributed by atoms with Crippen molar-refractivity contribution in [3.8, 4) is 11.3 Å². The van der Waals surface area contributed by atoms with E-state index in [2.05, 4.69) is 36.9 Å². The lowest BCUT2D eigenvalue weighted by Crippen LogP contribution is -2.30. The average Bonchev–Trinajstić information content (AvgIpc) is 3.41. The number of carbonyl (C=O) groups excluding carboxylic acids is 3. The quantitative estimate of drug-likeness (QED) is 0.0995. The van der Waals surface area contributed by atoms with Gasteiger partial charge in [-0.1, -0.05) is 76.1 Å². The van der Waals surface area contributed by atoms with Gasteiger partial charge in [0.2, 0.25) is 5.91 Å². The molecule has 0 spiro atoms. The molecule has 0 fully saturated rings. The number of carbonyl (C=O) groups is 3. The Labute approximate surface area is 284 Å². The molecule has 5 rings (SSSR count). The van der Waals surface area contributed by atoms with Crippen molar-refractivity contribution in [2.75, 3.05) is 10.6 Å². The first kappa shape index (κ1) is 32.9. The predicted octanol–water partition coefficient (Wildman–Crippen LogP) is 8.72. The highest BCUT2D eigenvalue weighted by atomic mass is 79.9. The second-order valence-electron chi connectivity index (χ2n) is 10.5. The highest BCUT2D eigenvalue weighted by Crippen LogP contribution is 2.32. The molecule has 1 atom stereocenters. The van der Waals surface area contributed by atoms with Crippen molar-refractivity contribution in [3.05, 3.63) is 135 Å². The molecule has 46 heavy (non-hydrogen) atoms. The molecule has 0 bridgehead atoms. The maximum atomic E-state index is 13.4. The van der Waals surface area contributed by atoms with Gasteiger partial charge in [0.1, 0.15) is 5.70 Å². The fourth-order valence-electron chi connectivity index (χ4n) is 4.41. The molecule has 10 heteroatoms. The minimum absolute atomic E-state index is 0.0960. The highest BCUT2D eigenvalue weighted by molar-refractivity contribution is 9.10. The maximum absolute atomic E-state index is 13.4. The van der Waals surface area contributed by atoms with Crippen molar-refractivity contribution >= 4 is 73.6 Å². The summed E-state index contributed by atoms with van der Waals surface area (Å²) in [6.07, 6.45) is 1.62. The minimum atomic E-state index is -0.471. The van der Waals surface area contributed by atoms with E-state index >= 15 is 0 Å². The Morgan fingerprint density at radius 2 is 1.59 bits per heavy atom. The molecule has 3 N–H and O–H groups in total. The lowest BCUT2D eigenvalue weighted by atomic mass is 10.1. The van der Waals surface area contributed by atoms with E-state index in [1.165, 1.54) is 28.7 Å². The van der Waals surface area contributed by atoms with E-state index in [4.69, 9.17) is 0 Å². The smallest absolute Gasteiger partial charge is 0.272 e. The van der Waals surface area contributed by atoms with Gasteiger partial charge in [-0.15, -0.1) is 23.1 Å². The molecule has 3 amide bonds. The minimum Gasteiger partial charge on any atom is -0.321 e. The Kier molecular flexibility index (Phi) is 10.8. The van der Waals surface area contributed by atoms with Crippen LogP contribution < -0.4 is 16.0 Å². The fourth-order valence-corrected chi connectivity index (χ4v) is 6.54. The molecule has 0 aliphatic rings. The molecule has 0 aliphatic carbocycles. The zero-order chi connectivity index (χ0) is 32.6. The lowest BCUT2D eigenvalue weighted by Gasteiger charge is -2.13. The number of aromatic nitrogens is 1. The van der Waals surface area contributed by atoms with Gasteiger partial charge in [-0.3, -0.25) is 14.4 Å². The second kappa shape index (κ2) is 15.2. The first-order valence-electron chi connectivity index (χ1n) is 14.4. The van der Waals surface area contributed by atoms with Crippen LogP contribution in [0.4, 0.5) is 10.8 Å². The zero-order valence-corrected chi connectivity index (χ0v) is 28.6. The standard InChI is InChI=1S/C36H31BrN4O3S2/c1-22-12-14-26(15-13-22)32-23(2)46-36(40-32)41-33(42)24(3)45-30-18-16-29(17-19-30)38-35(44)31(21-25-8-7-11-28(37)20-25)39-34(43)27-9-5-4-6-10-27/h4-21,24H,1-3H3,(H,38,44)(H,39,43)(H,40,41,42)/b31-21-. The number of nitrogens with one attached hydrogen (secondary N) is 3. The molecule has 0 saturated carbocycles. The van der Waals surface area contributed by atoms with E-state index in [1.807, 2.05) is 87.5 Å². The van der Waals surface area contributed by atoms with Crippen LogP contribution in [-0.4, -0.2) is 28.0 Å². The summed E-state index contributed by atoms with van der Waals surface area (Å²) < 4.78 is 0.847. The van der Waals surface area contributed by atoms with Gasteiger partial charge >= 0.3 is 0 Å². The highest BCUT2D eigenvalue weighted by Gasteiger charge is 2.19. The summed E-state index contributed by atoms with van der Waals surface area (Å²) in [5.74, 6) is -1.01. The van der Waals surface area contributed by atoms with Crippen LogP contribution in [0.3, 0.4) is 0 Å². The van der Waals surface area contributed by atoms with E-state index in [0.29, 0.717) is 16.4 Å². The third kappa shape index (κ3) is 8.81. The van der Waals surface area contributed by atoms with Gasteiger partial charge < -0.3 is 16.0 Å². The number of nitrogens with zero attached hydrogens (tertiary/aromatic N) is 1. The van der Waals surface area contributed by atoms with Crippen molar-refractivity contribution in [2.45, 2.75) is 30.9 Å². The first-order valence-corrected chi connectivity index (χ1v) is 16.9. The van der Waals surface area contributed by atoms with Crippen LogP contribution in [0, 0.1) is 13.8 Å². The number of hydrogen-bond donors (Lipinski definition) is 3. The number of anilines is 2. The van der Waals surface area contributed by atoms with Crippen LogP contribution in [-0.2, 0) is 9.59 Å². The largest absolute Gasteiger partial charge is 0.321 e. The maximum Gasteiger partial charge on any atom is 0.272 e. The third-order valence-electron chi connectivity index (χ3n) is 6.83. The normalized spacial score (nSPS) is 11.9. The number of hydrogen-bond acceptors (Lipinski definition) is 6. The Hall–Kier alpha value is -4.51. The Bertz CT molecular complexity index is 1890. The van der Waals surface area contributed by atoms with Gasteiger partial charge in [0.05, 0.1) is 10.9 Å². The molecule has 1 unspecified atom stereocenters. The number of thioether (sulfide) groups is 1. The monoisotopic (exact) mass is 710 g/mol. The molecule has 1 aromatic heterocycles. The first-order chi connectivity index (χ1) is 22.1. The van der Waals surface area contributed by atoms with Crippen LogP contribution in [0.25, 0.3) is 17.3 Å². The third-order valence-corrected chi connectivity index (χ3v) is 9.33. The molecule has 1 heterocycles. The van der Waals surface area contributed by atoms with Crippen molar-refractivity contribution < 1.29 is 14.4 Å². The van der Waals surface area contributed by atoms with Gasteiger partial charge in [0.15, 0.2) is 5.13 Å². The van der Waals surface area contributed by atoms with Gasteiger partial charge in [-0.2, -0.15) is 0 Å². The summed E-state index contributed by atoms with van der Waals surface area (Å²) in [5.41, 5.74) is 4.88. The van der Waals surface area contributed by atoms with E-state index < -0.39 is 11.8 Å². The average molecular weight is 712 g/mol. The molecular weight excluding hydrogens is 680 g/mol. The van der Waals surface area contributed by atoms with Gasteiger partial charge in [-0.25, -0.2) is 4.98 Å². The lowest BCUT2D eigenvalue weighted by molar-refractivity contribution is -0.115. The number of halogens is 1. The van der Waals surface area contributed by atoms with E-state index in [-0.39, 0.29) is 16.9 Å². The van der Waals surface area contributed by atoms with Crippen molar-refractivity contribution in [3.63, 3.8) is 0 Å². The number of amides is 3. The number of aryl methyl sites for hydroxylation is 2. The predicted molar refractivity (Wildman–Crippen MR) is 192 cm³/mol. The van der Waals surface area contributed by atoms with Crippen molar-refractivity contribution in [1.29, 1.82) is 0 Å². The summed E-state index contributed by atoms with van der Waals surface area (Å²) in [4.78, 5) is 45.8. The van der Waals surface area contributed by atoms with Crippen LogP contribution in [0.15, 0.2) is 118 Å². The number of rotatable bonds is 10. The van der Waals surface area contributed by atoms with E-state index in [9.17, 15) is 14.4 Å². The van der Waals surface area contributed by atoms with Gasteiger partial charge in [0.25, 0.3) is 11.8 Å². The number of thiazole rings is 1. The summed E-state index contributed by atoms with van der Waals surface area (Å²) in [6.45, 7) is 5.88. The summed E-state index contributed by atoms with van der Waals surface area (Å²) in [7, 11) is 0. The summed E-state index contributed by atoms with van der Waals surface area (Å²) in [5, 5.41) is 8.74. The van der Waals surface area contributed by atoms with Gasteiger partial charge in [0, 0.05) is 31.1 Å². The van der Waals surface area contributed by atoms with Crippen LogP contribution in [0.2, 0.25) is 0 Å². The topological polar surface area (TPSA) is 100 Å². The summed E-state index contributed by atoms with van der Waals surface area (Å²) in [6, 6.07) is 31.5. The zero-order valence-electron chi connectivity index (χ0n) is 25.3. The Balaban J connectivity index is 1.22. The molecule has 4 aromatic carbocycles. The van der Waals surface area contributed by atoms with Crippen molar-refractivity contribution in [2.24, 2.45) is 0 Å². The Morgan fingerprint density at radius 3 is 2.28 bits per heavy atom. The van der Waals surface area contributed by atoms with Crippen LogP contribution >= 0.6 is 39.0 Å². The molecule has 232 valence electrons.